The van der Waals surface area contributed by atoms with Crippen LogP contribution in [0.1, 0.15) is 11.1 Å². The van der Waals surface area contributed by atoms with Crippen LogP contribution in [0.5, 0.6) is 0 Å². The van der Waals surface area contributed by atoms with Crippen LogP contribution in [0, 0.1) is 17.1 Å². The molecule has 2 aromatic rings. The number of halogens is 1. The van der Waals surface area contributed by atoms with E-state index in [-0.39, 0.29) is 0 Å². The normalized spacial score (nSPS) is 9.68. The Bertz CT molecular complexity index is 627. The van der Waals surface area contributed by atoms with E-state index >= 15 is 0 Å². The summed E-state index contributed by atoms with van der Waals surface area (Å²) in [7, 11) is 0. The predicted octanol–water partition coefficient (Wildman–Crippen LogP) is 3.82. The van der Waals surface area contributed by atoms with Crippen LogP contribution in [0.2, 0.25) is 0 Å². The second-order valence-electron chi connectivity index (χ2n) is 4.12. The standard InChI is InChI=1S/C16H13FN2/c1-12(13-5-3-2-4-6-13)11-19-16-8-7-15(17)9-14(16)10-18/h2-9,19H,1,11H2. The molecule has 0 amide bonds. The van der Waals surface area contributed by atoms with Gasteiger partial charge >= 0.3 is 0 Å². The number of nitrogens with zero attached hydrogens (tertiary/aromatic N) is 1. The number of hydrogen-bond acceptors (Lipinski definition) is 2. The second kappa shape index (κ2) is 5.83. The molecular weight excluding hydrogens is 239 g/mol. The molecule has 0 aliphatic rings. The second-order valence-corrected chi connectivity index (χ2v) is 4.12. The third kappa shape index (κ3) is 3.20. The van der Waals surface area contributed by atoms with E-state index in [1.165, 1.54) is 12.1 Å². The van der Waals surface area contributed by atoms with Gasteiger partial charge < -0.3 is 5.32 Å². The fourth-order valence-electron chi connectivity index (χ4n) is 1.74. The van der Waals surface area contributed by atoms with Crippen molar-refractivity contribution in [1.82, 2.24) is 0 Å². The Balaban J connectivity index is 2.08. The zero-order valence-corrected chi connectivity index (χ0v) is 10.4. The molecule has 0 aliphatic carbocycles. The van der Waals surface area contributed by atoms with Gasteiger partial charge in [-0.3, -0.25) is 0 Å². The molecule has 0 heterocycles. The molecule has 19 heavy (non-hydrogen) atoms. The molecule has 2 rings (SSSR count). The summed E-state index contributed by atoms with van der Waals surface area (Å²) in [5, 5.41) is 12.0. The lowest BCUT2D eigenvalue weighted by Gasteiger charge is -2.10. The quantitative estimate of drug-likeness (QED) is 0.897. The summed E-state index contributed by atoms with van der Waals surface area (Å²) < 4.78 is 13.0. The molecule has 3 heteroatoms. The zero-order valence-electron chi connectivity index (χ0n) is 10.4. The van der Waals surface area contributed by atoms with Gasteiger partial charge in [0, 0.05) is 6.54 Å². The average Bonchev–Trinajstić information content (AvgIpc) is 2.46. The molecule has 1 N–H and O–H groups in total. The van der Waals surface area contributed by atoms with Crippen LogP contribution in [0.15, 0.2) is 55.1 Å². The van der Waals surface area contributed by atoms with Crippen molar-refractivity contribution in [2.24, 2.45) is 0 Å². The van der Waals surface area contributed by atoms with Crippen LogP contribution in [0.25, 0.3) is 5.57 Å². The summed E-state index contributed by atoms with van der Waals surface area (Å²) in [6, 6.07) is 15.8. The molecule has 2 aromatic carbocycles. The number of rotatable bonds is 4. The Morgan fingerprint density at radius 2 is 1.95 bits per heavy atom. The first kappa shape index (κ1) is 12.8. The molecule has 0 atom stereocenters. The number of hydrogen-bond donors (Lipinski definition) is 1. The summed E-state index contributed by atoms with van der Waals surface area (Å²) >= 11 is 0. The number of benzene rings is 2. The van der Waals surface area contributed by atoms with Crippen LogP contribution in [0.4, 0.5) is 10.1 Å². The summed E-state index contributed by atoms with van der Waals surface area (Å²) in [5.74, 6) is -0.413. The fraction of sp³-hybridized carbons (Fsp3) is 0.0625. The van der Waals surface area contributed by atoms with Crippen molar-refractivity contribution in [1.29, 1.82) is 5.26 Å². The van der Waals surface area contributed by atoms with Gasteiger partial charge in [-0.2, -0.15) is 5.26 Å². The minimum Gasteiger partial charge on any atom is -0.380 e. The Morgan fingerprint density at radius 3 is 2.63 bits per heavy atom. The first-order valence-corrected chi connectivity index (χ1v) is 5.87. The fourth-order valence-corrected chi connectivity index (χ4v) is 1.74. The molecule has 0 spiro atoms. The highest BCUT2D eigenvalue weighted by Gasteiger charge is 2.04. The van der Waals surface area contributed by atoms with Gasteiger partial charge in [0.2, 0.25) is 0 Å². The molecular formula is C16H13FN2. The summed E-state index contributed by atoms with van der Waals surface area (Å²) in [6.07, 6.45) is 0. The maximum Gasteiger partial charge on any atom is 0.124 e. The van der Waals surface area contributed by atoms with Gasteiger partial charge in [-0.15, -0.1) is 0 Å². The number of nitriles is 1. The van der Waals surface area contributed by atoms with Gasteiger partial charge in [0.05, 0.1) is 11.3 Å². The van der Waals surface area contributed by atoms with Crippen molar-refractivity contribution >= 4 is 11.3 Å². The van der Waals surface area contributed by atoms with Crippen molar-refractivity contribution < 1.29 is 4.39 Å². The molecule has 0 unspecified atom stereocenters. The van der Waals surface area contributed by atoms with E-state index in [9.17, 15) is 4.39 Å². The largest absolute Gasteiger partial charge is 0.380 e. The van der Waals surface area contributed by atoms with Crippen LogP contribution >= 0.6 is 0 Å². The third-order valence-corrected chi connectivity index (χ3v) is 2.78. The summed E-state index contributed by atoms with van der Waals surface area (Å²) in [4.78, 5) is 0. The van der Waals surface area contributed by atoms with Crippen molar-refractivity contribution in [2.45, 2.75) is 0 Å². The van der Waals surface area contributed by atoms with Gasteiger partial charge in [-0.1, -0.05) is 36.9 Å². The van der Waals surface area contributed by atoms with Crippen molar-refractivity contribution in [3.8, 4) is 6.07 Å². The molecule has 0 bridgehead atoms. The van der Waals surface area contributed by atoms with Crippen LogP contribution < -0.4 is 5.32 Å². The molecule has 94 valence electrons. The van der Waals surface area contributed by atoms with E-state index in [4.69, 9.17) is 5.26 Å². The van der Waals surface area contributed by atoms with E-state index in [1.54, 1.807) is 6.07 Å². The van der Waals surface area contributed by atoms with Gasteiger partial charge in [-0.25, -0.2) is 4.39 Å². The lowest BCUT2D eigenvalue weighted by atomic mass is 10.1. The molecule has 0 saturated heterocycles. The Hall–Kier alpha value is -2.60. The van der Waals surface area contributed by atoms with Crippen molar-refractivity contribution in [3.63, 3.8) is 0 Å². The summed E-state index contributed by atoms with van der Waals surface area (Å²) in [5.41, 5.74) is 2.85. The molecule has 2 nitrogen and oxygen atoms in total. The number of nitrogens with one attached hydrogen (secondary N) is 1. The lowest BCUT2D eigenvalue weighted by Crippen LogP contribution is -2.05. The minimum absolute atomic E-state index is 0.292. The summed E-state index contributed by atoms with van der Waals surface area (Å²) in [6.45, 7) is 4.50. The molecule has 0 saturated carbocycles. The van der Waals surface area contributed by atoms with E-state index < -0.39 is 5.82 Å². The van der Waals surface area contributed by atoms with Crippen LogP contribution in [0.3, 0.4) is 0 Å². The molecule has 0 radical (unpaired) electrons. The maximum atomic E-state index is 13.0. The van der Waals surface area contributed by atoms with Crippen molar-refractivity contribution in [3.05, 3.63) is 72.1 Å². The molecule has 0 aromatic heterocycles. The van der Waals surface area contributed by atoms with E-state index in [0.29, 0.717) is 17.8 Å². The lowest BCUT2D eigenvalue weighted by molar-refractivity contribution is 0.627. The van der Waals surface area contributed by atoms with Crippen molar-refractivity contribution in [2.75, 3.05) is 11.9 Å². The average molecular weight is 252 g/mol. The van der Waals surface area contributed by atoms with Crippen LogP contribution in [-0.2, 0) is 0 Å². The first-order valence-electron chi connectivity index (χ1n) is 5.87. The monoisotopic (exact) mass is 252 g/mol. The third-order valence-electron chi connectivity index (χ3n) is 2.78. The predicted molar refractivity (Wildman–Crippen MR) is 75.1 cm³/mol. The highest BCUT2D eigenvalue weighted by atomic mass is 19.1. The Morgan fingerprint density at radius 1 is 1.21 bits per heavy atom. The van der Waals surface area contributed by atoms with E-state index in [2.05, 4.69) is 11.9 Å². The zero-order chi connectivity index (χ0) is 13.7. The minimum atomic E-state index is -0.413. The Labute approximate surface area is 111 Å². The van der Waals surface area contributed by atoms with Crippen LogP contribution in [-0.4, -0.2) is 6.54 Å². The SMILES string of the molecule is C=C(CNc1ccc(F)cc1C#N)c1ccccc1. The highest BCUT2D eigenvalue weighted by Crippen LogP contribution is 2.18. The van der Waals surface area contributed by atoms with Gasteiger partial charge in [0.25, 0.3) is 0 Å². The first-order chi connectivity index (χ1) is 9.20. The van der Waals surface area contributed by atoms with Gasteiger partial charge in [-0.05, 0) is 29.3 Å². The smallest absolute Gasteiger partial charge is 0.124 e. The maximum absolute atomic E-state index is 13.0. The van der Waals surface area contributed by atoms with E-state index in [1.807, 2.05) is 36.4 Å². The molecule has 0 aliphatic heterocycles. The Kier molecular flexibility index (Phi) is 3.94. The topological polar surface area (TPSA) is 35.8 Å². The van der Waals surface area contributed by atoms with E-state index in [0.717, 1.165) is 11.1 Å². The van der Waals surface area contributed by atoms with Gasteiger partial charge in [0.1, 0.15) is 11.9 Å². The number of anilines is 1. The van der Waals surface area contributed by atoms with Gasteiger partial charge in [0.15, 0.2) is 0 Å². The molecule has 0 fully saturated rings. The highest BCUT2D eigenvalue weighted by molar-refractivity contribution is 5.69.